The van der Waals surface area contributed by atoms with E-state index in [4.69, 9.17) is 9.84 Å². The Morgan fingerprint density at radius 2 is 2.31 bits per heavy atom. The molecule has 0 aliphatic heterocycles. The average molecular weight is 190 g/mol. The molecule has 0 saturated carbocycles. The first-order chi connectivity index (χ1) is 6.20. The zero-order valence-corrected chi connectivity index (χ0v) is 7.56. The molecule has 0 aliphatic rings. The van der Waals surface area contributed by atoms with Crippen molar-refractivity contribution >= 4 is 12.3 Å². The third-order valence-corrected chi connectivity index (χ3v) is 1.34. The fourth-order valence-electron chi connectivity index (χ4n) is 0.688. The predicted octanol–water partition coefficient (Wildman–Crippen LogP) is -0.136. The van der Waals surface area contributed by atoms with Gasteiger partial charge in [-0.3, -0.25) is 4.79 Å². The molecule has 1 N–H and O–H groups in total. The lowest BCUT2D eigenvalue weighted by Gasteiger charge is -2.10. The molecule has 0 rings (SSSR count). The highest BCUT2D eigenvalue weighted by Gasteiger charge is 2.07. The summed E-state index contributed by atoms with van der Waals surface area (Å²) in [4.78, 5) is 20.6. The van der Waals surface area contributed by atoms with Gasteiger partial charge in [-0.25, -0.2) is 0 Å². The van der Waals surface area contributed by atoms with Gasteiger partial charge in [-0.05, 0) is 12.8 Å². The summed E-state index contributed by atoms with van der Waals surface area (Å²) in [5.74, 6) is -0.452. The van der Waals surface area contributed by atoms with Crippen LogP contribution in [0.25, 0.3) is 0 Å². The van der Waals surface area contributed by atoms with E-state index >= 15 is 0 Å². The summed E-state index contributed by atoms with van der Waals surface area (Å²) in [6, 6.07) is 0. The van der Waals surface area contributed by atoms with Gasteiger partial charge >= 0.3 is 5.97 Å². The number of hydrogen-bond acceptors (Lipinski definition) is 5. The van der Waals surface area contributed by atoms with Crippen LogP contribution in [0.4, 0.5) is 0 Å². The number of carbonyl (C=O) groups is 2. The molecule has 0 heterocycles. The van der Waals surface area contributed by atoms with Crippen molar-refractivity contribution in [2.45, 2.75) is 25.9 Å². The van der Waals surface area contributed by atoms with Gasteiger partial charge in [-0.1, -0.05) is 0 Å². The van der Waals surface area contributed by atoms with E-state index in [1.807, 2.05) is 0 Å². The third-order valence-electron chi connectivity index (χ3n) is 1.34. The van der Waals surface area contributed by atoms with Crippen LogP contribution in [0, 0.1) is 0 Å². The minimum Gasteiger partial charge on any atom is -0.439 e. The molecule has 0 spiro atoms. The predicted molar refractivity (Wildman–Crippen MR) is 43.9 cm³/mol. The minimum absolute atomic E-state index is 0.0151. The molecular formula is C8H14O5. The largest absolute Gasteiger partial charge is 0.439 e. The second kappa shape index (κ2) is 7.70. The van der Waals surface area contributed by atoms with Gasteiger partial charge < -0.3 is 19.4 Å². The number of rotatable bonds is 7. The summed E-state index contributed by atoms with van der Waals surface area (Å²) in [5, 5.41) is 8.47. The van der Waals surface area contributed by atoms with E-state index in [1.54, 1.807) is 0 Å². The number of carbonyl (C=O) groups excluding carboxylic acids is 2. The monoisotopic (exact) mass is 190 g/mol. The lowest BCUT2D eigenvalue weighted by Crippen LogP contribution is -2.18. The maximum atomic E-state index is 10.3. The van der Waals surface area contributed by atoms with E-state index in [9.17, 15) is 9.59 Å². The fourth-order valence-corrected chi connectivity index (χ4v) is 0.688. The summed E-state index contributed by atoms with van der Waals surface area (Å²) in [6.07, 6.45) is 0.940. The van der Waals surface area contributed by atoms with Crippen molar-refractivity contribution in [3.05, 3.63) is 0 Å². The van der Waals surface area contributed by atoms with Crippen LogP contribution >= 0.6 is 0 Å². The van der Waals surface area contributed by atoms with Crippen LogP contribution in [0.3, 0.4) is 0 Å². The molecule has 0 amide bonds. The molecule has 0 radical (unpaired) electrons. The third kappa shape index (κ3) is 7.42. The quantitative estimate of drug-likeness (QED) is 0.344. The number of ether oxygens (including phenoxy) is 2. The Kier molecular flexibility index (Phi) is 7.14. The Bertz CT molecular complexity index is 157. The Morgan fingerprint density at radius 3 is 2.77 bits per heavy atom. The summed E-state index contributed by atoms with van der Waals surface area (Å²) >= 11 is 0. The van der Waals surface area contributed by atoms with Crippen LogP contribution < -0.4 is 0 Å². The van der Waals surface area contributed by atoms with Gasteiger partial charge in [0.05, 0.1) is 0 Å². The summed E-state index contributed by atoms with van der Waals surface area (Å²) in [5.41, 5.74) is 0. The molecule has 1 unspecified atom stereocenters. The van der Waals surface area contributed by atoms with Crippen molar-refractivity contribution < 1.29 is 24.2 Å². The van der Waals surface area contributed by atoms with Gasteiger partial charge in [0.25, 0.3) is 0 Å². The van der Waals surface area contributed by atoms with E-state index in [-0.39, 0.29) is 13.4 Å². The molecule has 1 atom stereocenters. The van der Waals surface area contributed by atoms with Crippen molar-refractivity contribution in [3.63, 3.8) is 0 Å². The van der Waals surface area contributed by atoms with Gasteiger partial charge in [0.1, 0.15) is 12.4 Å². The maximum Gasteiger partial charge on any atom is 0.304 e. The SMILES string of the molecule is CC(=O)OCOC(C=O)CCCO. The van der Waals surface area contributed by atoms with Crippen molar-refractivity contribution in [1.29, 1.82) is 0 Å². The molecule has 13 heavy (non-hydrogen) atoms. The molecule has 0 aromatic carbocycles. The first-order valence-corrected chi connectivity index (χ1v) is 4.01. The first-order valence-electron chi connectivity index (χ1n) is 4.01. The molecule has 0 aliphatic carbocycles. The lowest BCUT2D eigenvalue weighted by molar-refractivity contribution is -0.160. The first kappa shape index (κ1) is 12.1. The zero-order valence-electron chi connectivity index (χ0n) is 7.56. The van der Waals surface area contributed by atoms with Crippen LogP contribution in [0.2, 0.25) is 0 Å². The van der Waals surface area contributed by atoms with Gasteiger partial charge in [-0.2, -0.15) is 0 Å². The zero-order chi connectivity index (χ0) is 10.1. The van der Waals surface area contributed by atoms with Crippen LogP contribution in [-0.2, 0) is 19.1 Å². The number of aldehydes is 1. The van der Waals surface area contributed by atoms with Crippen molar-refractivity contribution in [2.75, 3.05) is 13.4 Å². The van der Waals surface area contributed by atoms with Gasteiger partial charge in [-0.15, -0.1) is 0 Å². The Balaban J connectivity index is 3.47. The maximum absolute atomic E-state index is 10.3. The Hall–Kier alpha value is -0.940. The van der Waals surface area contributed by atoms with E-state index in [0.29, 0.717) is 19.1 Å². The lowest BCUT2D eigenvalue weighted by atomic mass is 10.2. The fraction of sp³-hybridized carbons (Fsp3) is 0.750. The Labute approximate surface area is 76.6 Å². The van der Waals surface area contributed by atoms with Crippen LogP contribution in [0.1, 0.15) is 19.8 Å². The molecule has 0 fully saturated rings. The average Bonchev–Trinajstić information content (AvgIpc) is 2.10. The molecule has 5 heteroatoms. The van der Waals surface area contributed by atoms with Gasteiger partial charge in [0.15, 0.2) is 6.79 Å². The van der Waals surface area contributed by atoms with E-state index in [0.717, 1.165) is 0 Å². The number of aliphatic hydroxyl groups is 1. The van der Waals surface area contributed by atoms with E-state index in [2.05, 4.69) is 4.74 Å². The van der Waals surface area contributed by atoms with Crippen molar-refractivity contribution in [3.8, 4) is 0 Å². The molecule has 0 saturated heterocycles. The van der Waals surface area contributed by atoms with Crippen LogP contribution in [-0.4, -0.2) is 36.9 Å². The number of esters is 1. The van der Waals surface area contributed by atoms with Crippen molar-refractivity contribution in [2.24, 2.45) is 0 Å². The minimum atomic E-state index is -0.605. The highest BCUT2D eigenvalue weighted by molar-refractivity contribution is 5.65. The highest BCUT2D eigenvalue weighted by Crippen LogP contribution is 1.99. The normalized spacial score (nSPS) is 12.2. The van der Waals surface area contributed by atoms with Crippen LogP contribution in [0.15, 0.2) is 0 Å². The molecular weight excluding hydrogens is 176 g/mol. The highest BCUT2D eigenvalue weighted by atomic mass is 16.7. The second-order valence-corrected chi connectivity index (χ2v) is 2.46. The second-order valence-electron chi connectivity index (χ2n) is 2.46. The molecule has 5 nitrogen and oxygen atoms in total. The number of aliphatic hydroxyl groups excluding tert-OH is 1. The topological polar surface area (TPSA) is 72.8 Å². The standard InChI is InChI=1S/C8H14O5/c1-7(11)12-6-13-8(5-10)3-2-4-9/h5,8-9H,2-4,6H2,1H3. The van der Waals surface area contributed by atoms with Gasteiger partial charge in [0.2, 0.25) is 0 Å². The van der Waals surface area contributed by atoms with Gasteiger partial charge in [0, 0.05) is 13.5 Å². The number of hydrogen-bond donors (Lipinski definition) is 1. The summed E-state index contributed by atoms with van der Waals surface area (Å²) in [6.45, 7) is 1.05. The van der Waals surface area contributed by atoms with Crippen molar-refractivity contribution in [1.82, 2.24) is 0 Å². The molecule has 0 aromatic rings. The summed E-state index contributed by atoms with van der Waals surface area (Å²) in [7, 11) is 0. The molecule has 76 valence electrons. The smallest absolute Gasteiger partial charge is 0.304 e. The molecule has 0 bridgehead atoms. The Morgan fingerprint density at radius 1 is 1.62 bits per heavy atom. The van der Waals surface area contributed by atoms with E-state index < -0.39 is 12.1 Å². The summed E-state index contributed by atoms with van der Waals surface area (Å²) < 4.78 is 9.35. The van der Waals surface area contributed by atoms with Crippen LogP contribution in [0.5, 0.6) is 0 Å². The molecule has 0 aromatic heterocycles. The van der Waals surface area contributed by atoms with E-state index in [1.165, 1.54) is 6.92 Å².